The van der Waals surface area contributed by atoms with Crippen LogP contribution in [0.5, 0.6) is 0 Å². The van der Waals surface area contributed by atoms with Gasteiger partial charge in [0.15, 0.2) is 0 Å². The lowest BCUT2D eigenvalue weighted by Crippen LogP contribution is -2.41. The van der Waals surface area contributed by atoms with Crippen molar-refractivity contribution in [1.29, 1.82) is 0 Å². The van der Waals surface area contributed by atoms with Crippen molar-refractivity contribution in [3.8, 4) is 0 Å². The molecule has 2 aromatic rings. The van der Waals surface area contributed by atoms with Gasteiger partial charge < -0.3 is 24.1 Å². The molecule has 1 heterocycles. The molecule has 1 aliphatic heterocycles. The molecule has 180 valence electrons. The Labute approximate surface area is 201 Å². The van der Waals surface area contributed by atoms with Crippen molar-refractivity contribution in [3.05, 3.63) is 76.3 Å². The maximum Gasteiger partial charge on any atom is 0.492 e. The van der Waals surface area contributed by atoms with E-state index in [1.807, 2.05) is 77.1 Å². The van der Waals surface area contributed by atoms with Gasteiger partial charge in [-0.1, -0.05) is 42.5 Å². The largest absolute Gasteiger partial charge is 0.492 e. The average Bonchev–Trinajstić information content (AvgIpc) is 3.02. The zero-order valence-corrected chi connectivity index (χ0v) is 20.6. The third-order valence-corrected chi connectivity index (χ3v) is 6.24. The zero-order valence-electron chi connectivity index (χ0n) is 20.6. The SMILES string of the molecule is COC(=O)c1ccc(C=C(CNC(=O)OCc2ccccc2)B2OC(C)(C)C(C)(C)O2)c(C)c1. The Hall–Kier alpha value is -3.10. The van der Waals surface area contributed by atoms with Gasteiger partial charge in [0.1, 0.15) is 6.61 Å². The van der Waals surface area contributed by atoms with Crippen LogP contribution in [0.15, 0.2) is 54.0 Å². The zero-order chi connectivity index (χ0) is 24.9. The minimum absolute atomic E-state index is 0.169. The van der Waals surface area contributed by atoms with Crippen LogP contribution in [-0.2, 0) is 25.4 Å². The van der Waals surface area contributed by atoms with Crippen LogP contribution < -0.4 is 5.32 Å². The number of ether oxygens (including phenoxy) is 2. The average molecular weight is 465 g/mol. The number of rotatable bonds is 7. The molecule has 34 heavy (non-hydrogen) atoms. The molecule has 0 radical (unpaired) electrons. The summed E-state index contributed by atoms with van der Waals surface area (Å²) in [5.41, 5.74) is 2.78. The molecule has 0 unspecified atom stereocenters. The number of hydrogen-bond donors (Lipinski definition) is 1. The normalized spacial score (nSPS) is 16.8. The molecule has 0 atom stereocenters. The first-order valence-corrected chi connectivity index (χ1v) is 11.2. The molecule has 1 aliphatic rings. The highest BCUT2D eigenvalue weighted by Crippen LogP contribution is 2.38. The Balaban J connectivity index is 1.79. The quantitative estimate of drug-likeness (QED) is 0.471. The standard InChI is InChI=1S/C26H32BNO6/c1-18-14-21(23(29)31-6)13-12-20(18)15-22(27-33-25(2,3)26(4,5)34-27)16-28-24(30)32-17-19-10-8-7-9-11-19/h7-15H,16-17H2,1-6H3,(H,28,30). The molecule has 2 aromatic carbocycles. The molecule has 1 fully saturated rings. The molecule has 1 amide bonds. The van der Waals surface area contributed by atoms with Crippen LogP contribution in [0, 0.1) is 6.92 Å². The first kappa shape index (κ1) is 25.5. The number of hydrogen-bond acceptors (Lipinski definition) is 6. The summed E-state index contributed by atoms with van der Waals surface area (Å²) in [5, 5.41) is 2.80. The van der Waals surface area contributed by atoms with Gasteiger partial charge >= 0.3 is 19.2 Å². The van der Waals surface area contributed by atoms with Crippen molar-refractivity contribution >= 4 is 25.3 Å². The van der Waals surface area contributed by atoms with E-state index in [2.05, 4.69) is 5.32 Å². The van der Waals surface area contributed by atoms with Crippen LogP contribution in [0.25, 0.3) is 6.08 Å². The molecular formula is C26H32BNO6. The number of carbonyl (C=O) groups is 2. The van der Waals surface area contributed by atoms with Crippen LogP contribution in [0.3, 0.4) is 0 Å². The second-order valence-corrected chi connectivity index (χ2v) is 9.29. The first-order valence-electron chi connectivity index (χ1n) is 11.2. The van der Waals surface area contributed by atoms with Gasteiger partial charge in [0.05, 0.1) is 23.9 Å². The van der Waals surface area contributed by atoms with Crippen molar-refractivity contribution in [1.82, 2.24) is 5.32 Å². The summed E-state index contributed by atoms with van der Waals surface area (Å²) in [6.45, 7) is 10.1. The fraction of sp³-hybridized carbons (Fsp3) is 0.385. The van der Waals surface area contributed by atoms with Gasteiger partial charge in [-0.05, 0) is 68.9 Å². The molecule has 0 saturated carbocycles. The number of amides is 1. The summed E-state index contributed by atoms with van der Waals surface area (Å²) in [7, 11) is 0.698. The molecule has 1 saturated heterocycles. The maximum absolute atomic E-state index is 12.4. The number of carbonyl (C=O) groups excluding carboxylic acids is 2. The molecule has 0 bridgehead atoms. The van der Waals surface area contributed by atoms with Crippen LogP contribution >= 0.6 is 0 Å². The van der Waals surface area contributed by atoms with Crippen LogP contribution in [0.4, 0.5) is 4.79 Å². The van der Waals surface area contributed by atoms with Crippen LogP contribution in [0.2, 0.25) is 0 Å². The lowest BCUT2D eigenvalue weighted by molar-refractivity contribution is 0.00578. The number of nitrogens with one attached hydrogen (secondary N) is 1. The van der Waals surface area contributed by atoms with E-state index in [0.717, 1.165) is 22.2 Å². The second kappa shape index (κ2) is 10.4. The molecule has 3 rings (SSSR count). The van der Waals surface area contributed by atoms with Gasteiger partial charge in [-0.25, -0.2) is 9.59 Å². The van der Waals surface area contributed by atoms with E-state index < -0.39 is 30.4 Å². The number of benzene rings is 2. The maximum atomic E-state index is 12.4. The molecule has 1 N–H and O–H groups in total. The number of methoxy groups -OCH3 is 1. The van der Waals surface area contributed by atoms with Crippen LogP contribution in [-0.4, -0.2) is 44.0 Å². The van der Waals surface area contributed by atoms with Gasteiger partial charge in [0.2, 0.25) is 0 Å². The molecular weight excluding hydrogens is 433 g/mol. The van der Waals surface area contributed by atoms with Crippen molar-refractivity contribution in [3.63, 3.8) is 0 Å². The fourth-order valence-electron chi connectivity index (χ4n) is 3.43. The summed E-state index contributed by atoms with van der Waals surface area (Å²) < 4.78 is 22.6. The van der Waals surface area contributed by atoms with Gasteiger partial charge in [-0.2, -0.15) is 0 Å². The van der Waals surface area contributed by atoms with E-state index in [-0.39, 0.29) is 13.2 Å². The van der Waals surface area contributed by atoms with Gasteiger partial charge in [0, 0.05) is 6.54 Å². The lowest BCUT2D eigenvalue weighted by atomic mass is 9.76. The summed E-state index contributed by atoms with van der Waals surface area (Å²) in [6.07, 6.45) is 1.37. The van der Waals surface area contributed by atoms with E-state index in [9.17, 15) is 9.59 Å². The molecule has 0 aliphatic carbocycles. The van der Waals surface area contributed by atoms with Crippen molar-refractivity contribution in [2.24, 2.45) is 0 Å². The second-order valence-electron chi connectivity index (χ2n) is 9.29. The summed E-state index contributed by atoms with van der Waals surface area (Å²) in [4.78, 5) is 24.2. The van der Waals surface area contributed by atoms with Crippen molar-refractivity contribution in [2.45, 2.75) is 52.4 Å². The highest BCUT2D eigenvalue weighted by atomic mass is 16.7. The molecule has 0 aromatic heterocycles. The van der Waals surface area contributed by atoms with E-state index in [1.54, 1.807) is 12.1 Å². The van der Waals surface area contributed by atoms with Crippen molar-refractivity contribution in [2.75, 3.05) is 13.7 Å². The van der Waals surface area contributed by atoms with E-state index >= 15 is 0 Å². The number of aryl methyl sites for hydroxylation is 1. The molecule has 0 spiro atoms. The highest BCUT2D eigenvalue weighted by molar-refractivity contribution is 6.56. The number of esters is 1. The van der Waals surface area contributed by atoms with Gasteiger partial charge in [0.25, 0.3) is 0 Å². The Morgan fingerprint density at radius 3 is 2.26 bits per heavy atom. The van der Waals surface area contributed by atoms with Crippen LogP contribution in [0.1, 0.15) is 54.7 Å². The third-order valence-electron chi connectivity index (χ3n) is 6.24. The Morgan fingerprint density at radius 2 is 1.68 bits per heavy atom. The van der Waals surface area contributed by atoms with E-state index in [4.69, 9.17) is 18.8 Å². The first-order chi connectivity index (χ1) is 16.0. The predicted octanol–water partition coefficient (Wildman–Crippen LogP) is 4.72. The minimum Gasteiger partial charge on any atom is -0.465 e. The summed E-state index contributed by atoms with van der Waals surface area (Å²) in [6, 6.07) is 14.8. The smallest absolute Gasteiger partial charge is 0.465 e. The minimum atomic E-state index is -0.654. The third kappa shape index (κ3) is 6.07. The topological polar surface area (TPSA) is 83.1 Å². The number of alkyl carbamates (subject to hydrolysis) is 1. The summed E-state index contributed by atoms with van der Waals surface area (Å²) in [5.74, 6) is -0.396. The Bertz CT molecular complexity index is 1050. The van der Waals surface area contributed by atoms with Gasteiger partial charge in [-0.15, -0.1) is 0 Å². The predicted molar refractivity (Wildman–Crippen MR) is 131 cm³/mol. The van der Waals surface area contributed by atoms with E-state index in [1.165, 1.54) is 7.11 Å². The highest BCUT2D eigenvalue weighted by Gasteiger charge is 2.52. The Morgan fingerprint density at radius 1 is 1.03 bits per heavy atom. The molecule has 7 nitrogen and oxygen atoms in total. The fourth-order valence-corrected chi connectivity index (χ4v) is 3.43. The van der Waals surface area contributed by atoms with E-state index in [0.29, 0.717) is 5.56 Å². The molecule has 8 heteroatoms. The van der Waals surface area contributed by atoms with Gasteiger partial charge in [-0.3, -0.25) is 0 Å². The van der Waals surface area contributed by atoms with Crippen molar-refractivity contribution < 1.29 is 28.4 Å². The lowest BCUT2D eigenvalue weighted by Gasteiger charge is -2.32. The Kier molecular flexibility index (Phi) is 7.84. The summed E-state index contributed by atoms with van der Waals surface area (Å²) >= 11 is 0. The monoisotopic (exact) mass is 465 g/mol.